The van der Waals surface area contributed by atoms with Gasteiger partial charge in [-0.25, -0.2) is 0 Å². The zero-order valence-electron chi connectivity index (χ0n) is 21.9. The SMILES string of the molecule is CCCCCCCCCCc1nnc(-c2ccc3c(c2)CCc2cc(OC(C)CCC)ccc2-3)s1. The lowest BCUT2D eigenvalue weighted by molar-refractivity contribution is 0.210. The summed E-state index contributed by atoms with van der Waals surface area (Å²) in [7, 11) is 0. The Labute approximate surface area is 216 Å². The summed E-state index contributed by atoms with van der Waals surface area (Å²) in [6.07, 6.45) is 16.5. The summed E-state index contributed by atoms with van der Waals surface area (Å²) in [6.45, 7) is 6.64. The monoisotopic (exact) mass is 490 g/mol. The largest absolute Gasteiger partial charge is 0.491 e. The van der Waals surface area contributed by atoms with E-state index in [9.17, 15) is 0 Å². The molecule has 4 rings (SSSR count). The first kappa shape index (κ1) is 25.9. The smallest absolute Gasteiger partial charge is 0.147 e. The van der Waals surface area contributed by atoms with Gasteiger partial charge in [0.2, 0.25) is 0 Å². The Morgan fingerprint density at radius 2 is 1.49 bits per heavy atom. The molecule has 0 amide bonds. The van der Waals surface area contributed by atoms with Gasteiger partial charge in [0.15, 0.2) is 0 Å². The highest BCUT2D eigenvalue weighted by Crippen LogP contribution is 2.38. The highest BCUT2D eigenvalue weighted by Gasteiger charge is 2.19. The molecule has 188 valence electrons. The Morgan fingerprint density at radius 3 is 2.23 bits per heavy atom. The van der Waals surface area contributed by atoms with E-state index in [4.69, 9.17) is 4.74 Å². The quantitative estimate of drug-likeness (QED) is 0.211. The second-order valence-corrected chi connectivity index (χ2v) is 11.2. The molecule has 1 unspecified atom stereocenters. The average molecular weight is 491 g/mol. The molecule has 3 nitrogen and oxygen atoms in total. The minimum absolute atomic E-state index is 0.267. The molecule has 0 spiro atoms. The van der Waals surface area contributed by atoms with Crippen molar-refractivity contribution in [2.75, 3.05) is 0 Å². The van der Waals surface area contributed by atoms with Gasteiger partial charge < -0.3 is 4.74 Å². The van der Waals surface area contributed by atoms with Crippen LogP contribution in [0.2, 0.25) is 0 Å². The van der Waals surface area contributed by atoms with Crippen LogP contribution in [0.15, 0.2) is 36.4 Å². The minimum Gasteiger partial charge on any atom is -0.491 e. The van der Waals surface area contributed by atoms with E-state index in [0.717, 1.165) is 42.9 Å². The van der Waals surface area contributed by atoms with Crippen molar-refractivity contribution in [1.29, 1.82) is 0 Å². The number of hydrogen-bond acceptors (Lipinski definition) is 4. The van der Waals surface area contributed by atoms with E-state index in [1.165, 1.54) is 84.2 Å². The molecular weight excluding hydrogens is 448 g/mol. The number of aromatic nitrogens is 2. The third-order valence-electron chi connectivity index (χ3n) is 7.13. The van der Waals surface area contributed by atoms with Crippen molar-refractivity contribution in [3.05, 3.63) is 52.5 Å². The summed E-state index contributed by atoms with van der Waals surface area (Å²) < 4.78 is 6.14. The van der Waals surface area contributed by atoms with Crippen LogP contribution in [0.3, 0.4) is 0 Å². The van der Waals surface area contributed by atoms with Crippen LogP contribution in [0.1, 0.15) is 101 Å². The van der Waals surface area contributed by atoms with Gasteiger partial charge in [0.1, 0.15) is 15.8 Å². The van der Waals surface area contributed by atoms with Gasteiger partial charge in [0.05, 0.1) is 6.10 Å². The number of aryl methyl sites for hydroxylation is 3. The second kappa shape index (κ2) is 13.2. The van der Waals surface area contributed by atoms with E-state index in [1.807, 2.05) is 0 Å². The normalized spacial score (nSPS) is 13.3. The number of unbranched alkanes of at least 4 members (excludes halogenated alkanes) is 7. The molecule has 1 aliphatic carbocycles. The molecule has 0 radical (unpaired) electrons. The first-order chi connectivity index (χ1) is 17.2. The van der Waals surface area contributed by atoms with E-state index < -0.39 is 0 Å². The van der Waals surface area contributed by atoms with Crippen molar-refractivity contribution in [3.63, 3.8) is 0 Å². The van der Waals surface area contributed by atoms with Crippen molar-refractivity contribution in [2.45, 2.75) is 110 Å². The van der Waals surface area contributed by atoms with Crippen LogP contribution in [0.4, 0.5) is 0 Å². The maximum Gasteiger partial charge on any atom is 0.147 e. The summed E-state index contributed by atoms with van der Waals surface area (Å²) >= 11 is 1.77. The van der Waals surface area contributed by atoms with Gasteiger partial charge in [-0.15, -0.1) is 10.2 Å². The number of nitrogens with zero attached hydrogens (tertiary/aromatic N) is 2. The number of benzene rings is 2. The van der Waals surface area contributed by atoms with Gasteiger partial charge in [-0.05, 0) is 73.1 Å². The summed E-state index contributed by atoms with van der Waals surface area (Å²) in [6, 6.07) is 13.5. The van der Waals surface area contributed by atoms with Crippen molar-refractivity contribution >= 4 is 11.3 Å². The Balaban J connectivity index is 1.34. The second-order valence-electron chi connectivity index (χ2n) is 10.1. The maximum absolute atomic E-state index is 6.14. The molecule has 1 atom stereocenters. The van der Waals surface area contributed by atoms with Crippen LogP contribution in [0, 0.1) is 0 Å². The molecule has 0 bridgehead atoms. The molecule has 0 saturated carbocycles. The molecule has 2 aromatic carbocycles. The maximum atomic E-state index is 6.14. The topological polar surface area (TPSA) is 35.0 Å². The summed E-state index contributed by atoms with van der Waals surface area (Å²) in [5, 5.41) is 11.3. The standard InChI is InChI=1S/C31H42N2OS/c1-4-6-7-8-9-10-11-12-14-30-32-33-31(35-30)26-17-19-28-24(21-26)15-16-25-22-27(18-20-29(25)28)34-23(3)13-5-2/h17-23H,4-16H2,1-3H3. The van der Waals surface area contributed by atoms with E-state index in [2.05, 4.69) is 67.4 Å². The van der Waals surface area contributed by atoms with E-state index in [0.29, 0.717) is 0 Å². The third kappa shape index (κ3) is 7.16. The summed E-state index contributed by atoms with van der Waals surface area (Å²) in [5.41, 5.74) is 6.73. The molecule has 0 N–H and O–H groups in total. The average Bonchev–Trinajstić information content (AvgIpc) is 3.34. The van der Waals surface area contributed by atoms with Gasteiger partial charge in [-0.2, -0.15) is 0 Å². The van der Waals surface area contributed by atoms with Gasteiger partial charge >= 0.3 is 0 Å². The van der Waals surface area contributed by atoms with Gasteiger partial charge in [-0.1, -0.05) is 94.7 Å². The lowest BCUT2D eigenvalue weighted by atomic mass is 9.85. The highest BCUT2D eigenvalue weighted by molar-refractivity contribution is 7.14. The Kier molecular flexibility index (Phi) is 9.76. The zero-order chi connectivity index (χ0) is 24.5. The van der Waals surface area contributed by atoms with E-state index in [1.54, 1.807) is 11.3 Å². The van der Waals surface area contributed by atoms with E-state index >= 15 is 0 Å². The van der Waals surface area contributed by atoms with Gasteiger partial charge in [0, 0.05) is 12.0 Å². The third-order valence-corrected chi connectivity index (χ3v) is 8.16. The van der Waals surface area contributed by atoms with Crippen molar-refractivity contribution < 1.29 is 4.74 Å². The summed E-state index contributed by atoms with van der Waals surface area (Å²) in [4.78, 5) is 0. The first-order valence-corrected chi connectivity index (χ1v) is 14.7. The molecule has 1 heterocycles. The van der Waals surface area contributed by atoms with Crippen LogP contribution >= 0.6 is 11.3 Å². The molecule has 1 aromatic heterocycles. The molecule has 0 aliphatic heterocycles. The molecule has 4 heteroatoms. The fourth-order valence-electron chi connectivity index (χ4n) is 5.16. The summed E-state index contributed by atoms with van der Waals surface area (Å²) in [5.74, 6) is 1.00. The van der Waals surface area contributed by atoms with Crippen molar-refractivity contribution in [2.24, 2.45) is 0 Å². The number of fused-ring (bicyclic) bond motifs is 3. The predicted octanol–water partition coefficient (Wildman–Crippen LogP) is 9.22. The predicted molar refractivity (Wildman–Crippen MR) is 150 cm³/mol. The molecule has 35 heavy (non-hydrogen) atoms. The lowest BCUT2D eigenvalue weighted by Gasteiger charge is -2.22. The Bertz CT molecular complexity index is 1070. The minimum atomic E-state index is 0.267. The molecule has 3 aromatic rings. The molecule has 0 fully saturated rings. The lowest BCUT2D eigenvalue weighted by Crippen LogP contribution is -2.12. The Morgan fingerprint density at radius 1 is 0.800 bits per heavy atom. The van der Waals surface area contributed by atoms with Crippen molar-refractivity contribution in [3.8, 4) is 27.4 Å². The van der Waals surface area contributed by atoms with Crippen LogP contribution in [-0.2, 0) is 19.3 Å². The van der Waals surface area contributed by atoms with Crippen LogP contribution in [0.25, 0.3) is 21.7 Å². The van der Waals surface area contributed by atoms with Crippen LogP contribution in [-0.4, -0.2) is 16.3 Å². The Hall–Kier alpha value is -2.20. The molecule has 0 saturated heterocycles. The zero-order valence-corrected chi connectivity index (χ0v) is 22.8. The van der Waals surface area contributed by atoms with Crippen LogP contribution < -0.4 is 4.74 Å². The number of ether oxygens (including phenoxy) is 1. The van der Waals surface area contributed by atoms with Gasteiger partial charge in [0.25, 0.3) is 0 Å². The molecular formula is C31H42N2OS. The van der Waals surface area contributed by atoms with Gasteiger partial charge in [-0.3, -0.25) is 0 Å². The molecule has 1 aliphatic rings. The number of hydrogen-bond donors (Lipinski definition) is 0. The fourth-order valence-corrected chi connectivity index (χ4v) is 6.04. The number of rotatable bonds is 14. The highest BCUT2D eigenvalue weighted by atomic mass is 32.1. The fraction of sp³-hybridized carbons (Fsp3) is 0.548. The van der Waals surface area contributed by atoms with Crippen molar-refractivity contribution in [1.82, 2.24) is 10.2 Å². The first-order valence-electron chi connectivity index (χ1n) is 13.9. The van der Waals surface area contributed by atoms with E-state index in [-0.39, 0.29) is 6.10 Å². The van der Waals surface area contributed by atoms with Crippen LogP contribution in [0.5, 0.6) is 5.75 Å².